The van der Waals surface area contributed by atoms with Crippen molar-refractivity contribution in [2.75, 3.05) is 0 Å². The number of carbonyl (C=O) groups is 1. The normalized spacial score (nSPS) is 12.7. The van der Waals surface area contributed by atoms with Crippen LogP contribution in [0.25, 0.3) is 11.0 Å². The molecule has 2 aromatic heterocycles. The number of nitrogens with zero attached hydrogens (tertiary/aromatic N) is 2. The Bertz CT molecular complexity index is 752. The average Bonchev–Trinajstić information content (AvgIpc) is 2.33. The van der Waals surface area contributed by atoms with E-state index in [0.29, 0.717) is 21.7 Å². The fraction of sp³-hybridized carbons (Fsp3) is 0.500. The molecule has 3 nitrogen and oxygen atoms in total. The molecule has 0 spiro atoms. The van der Waals surface area contributed by atoms with Crippen LogP contribution in [0, 0.1) is 0 Å². The van der Waals surface area contributed by atoms with Crippen molar-refractivity contribution in [1.82, 2.24) is 9.97 Å². The van der Waals surface area contributed by atoms with Gasteiger partial charge in [0.1, 0.15) is 10.7 Å². The molecular weight excluding hydrogens is 296 g/mol. The summed E-state index contributed by atoms with van der Waals surface area (Å²) in [6, 6.07) is 3.54. The number of hydrogen-bond acceptors (Lipinski definition) is 3. The third kappa shape index (κ3) is 3.00. The largest absolute Gasteiger partial charge is 0.294 e. The third-order valence-corrected chi connectivity index (χ3v) is 3.82. The molecule has 0 amide bonds. The maximum atomic E-state index is 12.4. The Balaban J connectivity index is 3.09. The van der Waals surface area contributed by atoms with Crippen LogP contribution in [0.5, 0.6) is 0 Å². The van der Waals surface area contributed by atoms with Crippen molar-refractivity contribution in [2.24, 2.45) is 0 Å². The number of ketones is 1. The average molecular weight is 319 g/mol. The number of pyridine rings is 2. The number of Topliss-reactive ketones (excluding diaryl/α,β-unsaturated/α-hetero) is 1. The van der Waals surface area contributed by atoms with Gasteiger partial charge in [0.15, 0.2) is 5.78 Å². The van der Waals surface area contributed by atoms with Crippen LogP contribution in [-0.2, 0) is 10.8 Å². The van der Waals surface area contributed by atoms with E-state index in [1.807, 2.05) is 6.07 Å². The molecule has 0 bridgehead atoms. The smallest absolute Gasteiger partial charge is 0.162 e. The van der Waals surface area contributed by atoms with Gasteiger partial charge in [0.2, 0.25) is 0 Å². The van der Waals surface area contributed by atoms with E-state index in [4.69, 9.17) is 16.6 Å². The molecule has 0 radical (unpaired) electrons. The molecule has 118 valence electrons. The lowest BCUT2D eigenvalue weighted by Crippen LogP contribution is -2.27. The highest BCUT2D eigenvalue weighted by Gasteiger charge is 2.32. The summed E-state index contributed by atoms with van der Waals surface area (Å²) in [6.45, 7) is 14.2. The van der Waals surface area contributed by atoms with Crippen molar-refractivity contribution >= 4 is 28.4 Å². The number of aromatic nitrogens is 2. The zero-order chi connectivity index (χ0) is 16.9. The molecule has 0 aliphatic carbocycles. The number of rotatable bonds is 1. The second-order valence-corrected chi connectivity index (χ2v) is 8.16. The van der Waals surface area contributed by atoms with E-state index in [1.165, 1.54) is 0 Å². The van der Waals surface area contributed by atoms with Crippen LogP contribution in [0.3, 0.4) is 0 Å². The molecule has 0 aliphatic heterocycles. The minimum absolute atomic E-state index is 0.00223. The van der Waals surface area contributed by atoms with E-state index in [-0.39, 0.29) is 16.6 Å². The van der Waals surface area contributed by atoms with Crippen LogP contribution in [0.15, 0.2) is 12.1 Å². The molecule has 0 aromatic carbocycles. The van der Waals surface area contributed by atoms with E-state index < -0.39 is 0 Å². The lowest BCUT2D eigenvalue weighted by Gasteiger charge is -2.31. The minimum atomic E-state index is -0.213. The summed E-state index contributed by atoms with van der Waals surface area (Å²) in [4.78, 5) is 21.6. The zero-order valence-electron chi connectivity index (χ0n) is 14.3. The molecular formula is C18H23ClN2O. The van der Waals surface area contributed by atoms with Gasteiger partial charge in [-0.05, 0) is 30.0 Å². The summed E-state index contributed by atoms with van der Waals surface area (Å²) in [5.74, 6) is -0.00223. The Hall–Kier alpha value is -1.48. The Morgan fingerprint density at radius 2 is 1.59 bits per heavy atom. The van der Waals surface area contributed by atoms with Crippen molar-refractivity contribution in [3.8, 4) is 0 Å². The molecule has 22 heavy (non-hydrogen) atoms. The molecule has 2 rings (SSSR count). The molecule has 0 unspecified atom stereocenters. The van der Waals surface area contributed by atoms with Crippen LogP contribution in [0.4, 0.5) is 0 Å². The Kier molecular flexibility index (Phi) is 4.07. The van der Waals surface area contributed by atoms with Crippen molar-refractivity contribution in [3.63, 3.8) is 0 Å². The van der Waals surface area contributed by atoms with Gasteiger partial charge in [-0.3, -0.25) is 9.78 Å². The lowest BCUT2D eigenvalue weighted by molar-refractivity contribution is 0.101. The number of halogens is 1. The van der Waals surface area contributed by atoms with E-state index in [9.17, 15) is 4.79 Å². The standard InChI is InChI=1S/C18H23ClN2O/c1-10(22)13-14(17(2,3)4)16(18(5,6)7)20-11-8-9-12(19)21-15(11)13/h8-9H,1-7H3. The second kappa shape index (κ2) is 5.31. The van der Waals surface area contributed by atoms with E-state index >= 15 is 0 Å². The highest BCUT2D eigenvalue weighted by Crippen LogP contribution is 2.38. The van der Waals surface area contributed by atoms with E-state index in [2.05, 4.69) is 46.5 Å². The summed E-state index contributed by atoms with van der Waals surface area (Å²) < 4.78 is 0. The molecule has 2 aromatic rings. The van der Waals surface area contributed by atoms with Gasteiger partial charge in [-0.25, -0.2) is 4.98 Å². The molecule has 0 fully saturated rings. The Morgan fingerprint density at radius 1 is 1.00 bits per heavy atom. The molecule has 0 aliphatic rings. The first-order valence-electron chi connectivity index (χ1n) is 7.45. The van der Waals surface area contributed by atoms with Gasteiger partial charge >= 0.3 is 0 Å². The maximum Gasteiger partial charge on any atom is 0.162 e. The maximum absolute atomic E-state index is 12.4. The quantitative estimate of drug-likeness (QED) is 0.544. The van der Waals surface area contributed by atoms with Crippen molar-refractivity contribution in [3.05, 3.63) is 34.1 Å². The fourth-order valence-electron chi connectivity index (χ4n) is 2.73. The topological polar surface area (TPSA) is 42.9 Å². The molecule has 0 saturated carbocycles. The number of fused-ring (bicyclic) bond motifs is 1. The SMILES string of the molecule is CC(=O)c1c(C(C)(C)C)c(C(C)(C)C)nc2ccc(Cl)nc12. The first kappa shape index (κ1) is 16.9. The van der Waals surface area contributed by atoms with Gasteiger partial charge < -0.3 is 0 Å². The number of hydrogen-bond donors (Lipinski definition) is 0. The molecule has 0 saturated heterocycles. The minimum Gasteiger partial charge on any atom is -0.294 e. The van der Waals surface area contributed by atoms with Crippen molar-refractivity contribution < 1.29 is 4.79 Å². The van der Waals surface area contributed by atoms with Crippen LogP contribution < -0.4 is 0 Å². The fourth-order valence-corrected chi connectivity index (χ4v) is 2.88. The molecule has 2 heterocycles. The van der Waals surface area contributed by atoms with Gasteiger partial charge in [0.05, 0.1) is 16.8 Å². The van der Waals surface area contributed by atoms with E-state index in [1.54, 1.807) is 13.0 Å². The highest BCUT2D eigenvalue weighted by atomic mass is 35.5. The second-order valence-electron chi connectivity index (χ2n) is 7.77. The highest BCUT2D eigenvalue weighted by molar-refractivity contribution is 6.30. The first-order valence-corrected chi connectivity index (χ1v) is 7.83. The van der Waals surface area contributed by atoms with Gasteiger partial charge in [-0.2, -0.15) is 0 Å². The first-order chi connectivity index (χ1) is 9.93. The molecule has 4 heteroatoms. The third-order valence-electron chi connectivity index (χ3n) is 3.61. The van der Waals surface area contributed by atoms with Gasteiger partial charge in [-0.1, -0.05) is 53.1 Å². The molecule has 0 N–H and O–H groups in total. The van der Waals surface area contributed by atoms with Gasteiger partial charge in [0.25, 0.3) is 0 Å². The Morgan fingerprint density at radius 3 is 2.05 bits per heavy atom. The number of carbonyl (C=O) groups excluding carboxylic acids is 1. The Labute approximate surface area is 137 Å². The molecule has 0 atom stereocenters. The van der Waals surface area contributed by atoms with Crippen LogP contribution in [0.1, 0.15) is 70.1 Å². The predicted octanol–water partition coefficient (Wildman–Crippen LogP) is 5.08. The van der Waals surface area contributed by atoms with Crippen molar-refractivity contribution in [2.45, 2.75) is 59.3 Å². The summed E-state index contributed by atoms with van der Waals surface area (Å²) in [6.07, 6.45) is 0. The monoisotopic (exact) mass is 318 g/mol. The van der Waals surface area contributed by atoms with Crippen LogP contribution in [-0.4, -0.2) is 15.8 Å². The van der Waals surface area contributed by atoms with Crippen molar-refractivity contribution in [1.29, 1.82) is 0 Å². The lowest BCUT2D eigenvalue weighted by atomic mass is 9.75. The van der Waals surface area contributed by atoms with Crippen LogP contribution >= 0.6 is 11.6 Å². The van der Waals surface area contributed by atoms with Gasteiger partial charge in [0, 0.05) is 5.41 Å². The summed E-state index contributed by atoms with van der Waals surface area (Å²) in [7, 11) is 0. The van der Waals surface area contributed by atoms with Gasteiger partial charge in [-0.15, -0.1) is 0 Å². The summed E-state index contributed by atoms with van der Waals surface area (Å²) in [5, 5.41) is 0.375. The zero-order valence-corrected chi connectivity index (χ0v) is 15.1. The summed E-state index contributed by atoms with van der Waals surface area (Å²) in [5.41, 5.74) is 3.49. The van der Waals surface area contributed by atoms with E-state index in [0.717, 1.165) is 11.3 Å². The predicted molar refractivity (Wildman–Crippen MR) is 92.0 cm³/mol. The van der Waals surface area contributed by atoms with Crippen LogP contribution in [0.2, 0.25) is 5.15 Å². The summed E-state index contributed by atoms with van der Waals surface area (Å²) >= 11 is 6.04.